The quantitative estimate of drug-likeness (QED) is 0.565. The minimum absolute atomic E-state index is 0.0154. The summed E-state index contributed by atoms with van der Waals surface area (Å²) in [5.41, 5.74) is 0. The van der Waals surface area contributed by atoms with E-state index in [1.54, 1.807) is 0 Å². The first-order valence-corrected chi connectivity index (χ1v) is 7.60. The minimum atomic E-state index is -3.63. The van der Waals surface area contributed by atoms with Crippen molar-refractivity contribution in [3.63, 3.8) is 0 Å². The minimum Gasteiger partial charge on any atom is -0.469 e. The Morgan fingerprint density at radius 3 is 2.10 bits per heavy atom. The van der Waals surface area contributed by atoms with E-state index < -0.39 is 16.2 Å². The van der Waals surface area contributed by atoms with Crippen molar-refractivity contribution in [2.45, 2.75) is 18.6 Å². The standard InChI is InChI=1S/C11H22N2O6S/c1-12(6-5-11(14)19-4)20(15,16)13-7-9(17-2)10(8-13)18-3/h9-10H,5-8H2,1-4H3. The topological polar surface area (TPSA) is 85.4 Å². The lowest BCUT2D eigenvalue weighted by Crippen LogP contribution is -2.42. The molecule has 9 heteroatoms. The monoisotopic (exact) mass is 310 g/mol. The molecule has 1 aliphatic rings. The molecule has 1 rings (SSSR count). The summed E-state index contributed by atoms with van der Waals surface area (Å²) < 4.78 is 42.0. The van der Waals surface area contributed by atoms with Gasteiger partial charge in [0.15, 0.2) is 0 Å². The molecule has 0 aliphatic carbocycles. The SMILES string of the molecule is COC(=O)CCN(C)S(=O)(=O)N1CC(OC)C(OC)C1. The van der Waals surface area contributed by atoms with Crippen LogP contribution < -0.4 is 0 Å². The molecule has 2 atom stereocenters. The van der Waals surface area contributed by atoms with Crippen LogP contribution in [0.5, 0.6) is 0 Å². The number of methoxy groups -OCH3 is 3. The van der Waals surface area contributed by atoms with E-state index in [4.69, 9.17) is 9.47 Å². The van der Waals surface area contributed by atoms with E-state index in [2.05, 4.69) is 4.74 Å². The molecule has 1 heterocycles. The van der Waals surface area contributed by atoms with Crippen LogP contribution in [0.1, 0.15) is 6.42 Å². The summed E-state index contributed by atoms with van der Waals surface area (Å²) >= 11 is 0. The Bertz CT molecular complexity index is 415. The van der Waals surface area contributed by atoms with Crippen LogP contribution in [0.2, 0.25) is 0 Å². The van der Waals surface area contributed by atoms with Crippen molar-refractivity contribution < 1.29 is 27.4 Å². The van der Waals surface area contributed by atoms with Gasteiger partial charge in [0.25, 0.3) is 10.2 Å². The number of hydrogen-bond acceptors (Lipinski definition) is 6. The smallest absolute Gasteiger partial charge is 0.306 e. The van der Waals surface area contributed by atoms with Gasteiger partial charge < -0.3 is 14.2 Å². The maximum Gasteiger partial charge on any atom is 0.306 e. The molecular formula is C11H22N2O6S. The molecule has 1 aliphatic heterocycles. The van der Waals surface area contributed by atoms with Crippen LogP contribution in [0.15, 0.2) is 0 Å². The summed E-state index contributed by atoms with van der Waals surface area (Å²) in [5.74, 6) is -0.446. The molecular weight excluding hydrogens is 288 g/mol. The second-order valence-corrected chi connectivity index (χ2v) is 6.56. The fraction of sp³-hybridized carbons (Fsp3) is 0.909. The lowest BCUT2D eigenvalue weighted by Gasteiger charge is -2.23. The Morgan fingerprint density at radius 1 is 1.20 bits per heavy atom. The van der Waals surface area contributed by atoms with Gasteiger partial charge in [-0.3, -0.25) is 4.79 Å². The molecule has 1 fully saturated rings. The van der Waals surface area contributed by atoms with E-state index in [-0.39, 0.29) is 38.3 Å². The van der Waals surface area contributed by atoms with Crippen molar-refractivity contribution in [2.75, 3.05) is 48.0 Å². The predicted molar refractivity (Wildman–Crippen MR) is 71.3 cm³/mol. The van der Waals surface area contributed by atoms with E-state index in [1.807, 2.05) is 0 Å². The van der Waals surface area contributed by atoms with Crippen molar-refractivity contribution in [3.8, 4) is 0 Å². The van der Waals surface area contributed by atoms with Gasteiger partial charge in [0, 0.05) is 40.9 Å². The van der Waals surface area contributed by atoms with Gasteiger partial charge in [-0.2, -0.15) is 17.0 Å². The third-order valence-electron chi connectivity index (χ3n) is 3.37. The number of carbonyl (C=O) groups is 1. The zero-order chi connectivity index (χ0) is 15.3. The summed E-state index contributed by atoms with van der Waals surface area (Å²) in [6, 6.07) is 0. The normalized spacial score (nSPS) is 24.2. The second kappa shape index (κ2) is 7.32. The molecule has 0 amide bonds. The zero-order valence-corrected chi connectivity index (χ0v) is 13.1. The van der Waals surface area contributed by atoms with Crippen molar-refractivity contribution >= 4 is 16.2 Å². The highest BCUT2D eigenvalue weighted by molar-refractivity contribution is 7.86. The highest BCUT2D eigenvalue weighted by Gasteiger charge is 2.40. The Morgan fingerprint density at radius 2 is 1.70 bits per heavy atom. The van der Waals surface area contributed by atoms with Crippen LogP contribution in [0.25, 0.3) is 0 Å². The van der Waals surface area contributed by atoms with Gasteiger partial charge >= 0.3 is 5.97 Å². The fourth-order valence-electron chi connectivity index (χ4n) is 2.02. The molecule has 0 aromatic carbocycles. The van der Waals surface area contributed by atoms with Gasteiger partial charge in [0.05, 0.1) is 25.7 Å². The lowest BCUT2D eigenvalue weighted by atomic mass is 10.3. The highest BCUT2D eigenvalue weighted by Crippen LogP contribution is 2.20. The molecule has 118 valence electrons. The second-order valence-electron chi connectivity index (χ2n) is 4.52. The Balaban J connectivity index is 2.67. The Hall–Kier alpha value is -0.740. The first-order valence-electron chi connectivity index (χ1n) is 6.20. The van der Waals surface area contributed by atoms with Crippen LogP contribution in [-0.2, 0) is 29.2 Å². The summed E-state index contributed by atoms with van der Waals surface area (Å²) in [6.07, 6.45) is -0.561. The van der Waals surface area contributed by atoms with E-state index in [0.29, 0.717) is 0 Å². The molecule has 0 spiro atoms. The first-order chi connectivity index (χ1) is 9.36. The maximum absolute atomic E-state index is 12.3. The van der Waals surface area contributed by atoms with Crippen LogP contribution in [0.3, 0.4) is 0 Å². The number of esters is 1. The number of hydrogen-bond donors (Lipinski definition) is 0. The third-order valence-corrected chi connectivity index (χ3v) is 5.29. The molecule has 20 heavy (non-hydrogen) atoms. The number of carbonyl (C=O) groups excluding carboxylic acids is 1. The molecule has 0 aromatic rings. The first kappa shape index (κ1) is 17.3. The number of ether oxygens (including phenoxy) is 3. The van der Waals surface area contributed by atoms with Gasteiger partial charge in [-0.1, -0.05) is 0 Å². The van der Waals surface area contributed by atoms with Gasteiger partial charge in [0.1, 0.15) is 0 Å². The van der Waals surface area contributed by atoms with Gasteiger partial charge in [-0.15, -0.1) is 0 Å². The van der Waals surface area contributed by atoms with Crippen molar-refractivity contribution in [1.82, 2.24) is 8.61 Å². The van der Waals surface area contributed by atoms with Crippen LogP contribution in [0.4, 0.5) is 0 Å². The maximum atomic E-state index is 12.3. The molecule has 0 radical (unpaired) electrons. The summed E-state index contributed by atoms with van der Waals surface area (Å²) in [7, 11) is 2.11. The van der Waals surface area contributed by atoms with Crippen molar-refractivity contribution in [1.29, 1.82) is 0 Å². The molecule has 8 nitrogen and oxygen atoms in total. The summed E-state index contributed by atoms with van der Waals surface area (Å²) in [6.45, 7) is 0.542. The summed E-state index contributed by atoms with van der Waals surface area (Å²) in [4.78, 5) is 11.1. The largest absolute Gasteiger partial charge is 0.469 e. The molecule has 0 aromatic heterocycles. The van der Waals surface area contributed by atoms with Gasteiger partial charge in [-0.25, -0.2) is 0 Å². The molecule has 2 unspecified atom stereocenters. The van der Waals surface area contributed by atoms with Crippen LogP contribution in [-0.4, -0.2) is 83.2 Å². The van der Waals surface area contributed by atoms with Crippen LogP contribution in [0, 0.1) is 0 Å². The average molecular weight is 310 g/mol. The molecule has 1 saturated heterocycles. The predicted octanol–water partition coefficient (Wildman–Crippen LogP) is -0.928. The summed E-state index contributed by atoms with van der Waals surface area (Å²) in [5, 5.41) is 0. The van der Waals surface area contributed by atoms with E-state index >= 15 is 0 Å². The van der Waals surface area contributed by atoms with E-state index in [9.17, 15) is 13.2 Å². The number of rotatable bonds is 7. The molecule has 0 saturated carbocycles. The van der Waals surface area contributed by atoms with Crippen molar-refractivity contribution in [2.24, 2.45) is 0 Å². The van der Waals surface area contributed by atoms with Gasteiger partial charge in [0.2, 0.25) is 0 Å². The fourth-order valence-corrected chi connectivity index (χ4v) is 3.40. The Labute approximate surface area is 119 Å². The molecule has 0 N–H and O–H groups in total. The third kappa shape index (κ3) is 3.89. The Kier molecular flexibility index (Phi) is 6.34. The molecule has 0 bridgehead atoms. The zero-order valence-electron chi connectivity index (χ0n) is 12.2. The van der Waals surface area contributed by atoms with E-state index in [0.717, 1.165) is 4.31 Å². The lowest BCUT2D eigenvalue weighted by molar-refractivity contribution is -0.140. The van der Waals surface area contributed by atoms with Gasteiger partial charge in [-0.05, 0) is 0 Å². The highest BCUT2D eigenvalue weighted by atomic mass is 32.2. The van der Waals surface area contributed by atoms with E-state index in [1.165, 1.54) is 32.7 Å². The van der Waals surface area contributed by atoms with Crippen molar-refractivity contribution in [3.05, 3.63) is 0 Å². The van der Waals surface area contributed by atoms with Crippen LogP contribution >= 0.6 is 0 Å². The average Bonchev–Trinajstić information content (AvgIpc) is 2.87. The number of nitrogens with zero attached hydrogens (tertiary/aromatic N) is 2.